The molecule has 1 unspecified atom stereocenters. The molecule has 3 aromatic rings. The predicted molar refractivity (Wildman–Crippen MR) is 131 cm³/mol. The Hall–Kier alpha value is -2.82. The van der Waals surface area contributed by atoms with E-state index in [9.17, 15) is 4.79 Å². The summed E-state index contributed by atoms with van der Waals surface area (Å²) in [5, 5.41) is 0. The summed E-state index contributed by atoms with van der Waals surface area (Å²) in [7, 11) is 4.05. The third-order valence-corrected chi connectivity index (χ3v) is 6.83. The lowest BCUT2D eigenvalue weighted by Gasteiger charge is -2.36. The van der Waals surface area contributed by atoms with Crippen LogP contribution in [0.4, 0.5) is 5.69 Å². The topological polar surface area (TPSA) is 47.4 Å². The lowest BCUT2D eigenvalue weighted by molar-refractivity contribution is -0.156. The molecule has 32 heavy (non-hydrogen) atoms. The van der Waals surface area contributed by atoms with Crippen molar-refractivity contribution in [1.29, 1.82) is 0 Å². The summed E-state index contributed by atoms with van der Waals surface area (Å²) in [6.07, 6.45) is 3.31. The Morgan fingerprint density at radius 2 is 1.84 bits per heavy atom. The van der Waals surface area contributed by atoms with Gasteiger partial charge in [0.25, 0.3) is 0 Å². The number of hydrogen-bond donors (Lipinski definition) is 0. The van der Waals surface area contributed by atoms with Crippen molar-refractivity contribution in [2.45, 2.75) is 52.7 Å². The number of esters is 1. The molecule has 5 heteroatoms. The van der Waals surface area contributed by atoms with Gasteiger partial charge >= 0.3 is 5.97 Å². The number of fused-ring (bicyclic) bond motifs is 1. The van der Waals surface area contributed by atoms with E-state index < -0.39 is 0 Å². The molecule has 0 aliphatic heterocycles. The normalized spacial score (nSPS) is 21.1. The lowest BCUT2D eigenvalue weighted by Crippen LogP contribution is -2.36. The fourth-order valence-corrected chi connectivity index (χ4v) is 4.95. The van der Waals surface area contributed by atoms with Crippen molar-refractivity contribution < 1.29 is 9.53 Å². The van der Waals surface area contributed by atoms with Crippen molar-refractivity contribution in [2.75, 3.05) is 19.0 Å². The van der Waals surface area contributed by atoms with Gasteiger partial charge in [0.1, 0.15) is 18.5 Å². The van der Waals surface area contributed by atoms with Crippen LogP contribution in [0.1, 0.15) is 40.0 Å². The molecular weight excluding hydrogens is 398 g/mol. The maximum absolute atomic E-state index is 13.1. The molecule has 1 aliphatic rings. The number of aromatic nitrogens is 2. The first-order valence-corrected chi connectivity index (χ1v) is 11.8. The van der Waals surface area contributed by atoms with E-state index in [2.05, 4.69) is 49.9 Å². The highest BCUT2D eigenvalue weighted by Crippen LogP contribution is 2.35. The molecule has 1 saturated carbocycles. The standard InChI is InChI=1S/C27H35N3O2/c1-18(2)22-15-10-19(3)16-25(22)32-26(31)17-30-24-9-7-6-8-23(24)28-27(30)20-11-13-21(14-12-20)29(4)5/h6-9,11-14,18-19,22,25H,10,15-17H2,1-5H3/t19-,22?,25-/m1/s1. The highest BCUT2D eigenvalue weighted by molar-refractivity contribution is 5.83. The largest absolute Gasteiger partial charge is 0.461 e. The second-order valence-electron chi connectivity index (χ2n) is 9.81. The molecule has 0 amide bonds. The van der Waals surface area contributed by atoms with Crippen LogP contribution in [0.25, 0.3) is 22.4 Å². The molecule has 0 saturated heterocycles. The summed E-state index contributed by atoms with van der Waals surface area (Å²) < 4.78 is 8.10. The van der Waals surface area contributed by atoms with E-state index in [1.165, 1.54) is 6.42 Å². The van der Waals surface area contributed by atoms with E-state index in [4.69, 9.17) is 9.72 Å². The number of para-hydroxylation sites is 2. The molecule has 0 spiro atoms. The summed E-state index contributed by atoms with van der Waals surface area (Å²) in [5.41, 5.74) is 3.96. The number of benzene rings is 2. The second-order valence-corrected chi connectivity index (χ2v) is 9.81. The van der Waals surface area contributed by atoms with Crippen molar-refractivity contribution in [1.82, 2.24) is 9.55 Å². The number of carbonyl (C=O) groups excluding carboxylic acids is 1. The molecule has 1 aromatic heterocycles. The van der Waals surface area contributed by atoms with Crippen LogP contribution in [0, 0.1) is 17.8 Å². The maximum atomic E-state index is 13.1. The number of imidazole rings is 1. The molecule has 170 valence electrons. The summed E-state index contributed by atoms with van der Waals surface area (Å²) in [6, 6.07) is 16.3. The summed E-state index contributed by atoms with van der Waals surface area (Å²) in [4.78, 5) is 20.1. The third kappa shape index (κ3) is 4.67. The SMILES string of the molecule is CC(C)C1CC[C@@H](C)C[C@H]1OC(=O)Cn1c(-c2ccc(N(C)C)cc2)nc2ccccc21. The monoisotopic (exact) mass is 433 g/mol. The first-order chi connectivity index (χ1) is 15.3. The summed E-state index contributed by atoms with van der Waals surface area (Å²) >= 11 is 0. The first kappa shape index (κ1) is 22.4. The molecule has 1 fully saturated rings. The van der Waals surface area contributed by atoms with Gasteiger partial charge in [-0.1, -0.05) is 39.3 Å². The zero-order valence-corrected chi connectivity index (χ0v) is 19.9. The van der Waals surface area contributed by atoms with Crippen LogP contribution in [0.2, 0.25) is 0 Å². The van der Waals surface area contributed by atoms with Crippen molar-refractivity contribution in [3.8, 4) is 11.4 Å². The molecule has 1 aliphatic carbocycles. The van der Waals surface area contributed by atoms with E-state index in [-0.39, 0.29) is 18.6 Å². The average Bonchev–Trinajstić information content (AvgIpc) is 3.12. The van der Waals surface area contributed by atoms with E-state index in [1.54, 1.807) is 0 Å². The van der Waals surface area contributed by atoms with Gasteiger partial charge in [-0.25, -0.2) is 4.98 Å². The zero-order valence-electron chi connectivity index (χ0n) is 19.9. The highest BCUT2D eigenvalue weighted by atomic mass is 16.5. The van der Waals surface area contributed by atoms with Gasteiger partial charge in [-0.15, -0.1) is 0 Å². The van der Waals surface area contributed by atoms with Gasteiger partial charge in [-0.2, -0.15) is 0 Å². The maximum Gasteiger partial charge on any atom is 0.326 e. The van der Waals surface area contributed by atoms with Crippen LogP contribution in [-0.2, 0) is 16.1 Å². The average molecular weight is 434 g/mol. The van der Waals surface area contributed by atoms with Crippen LogP contribution < -0.4 is 4.90 Å². The van der Waals surface area contributed by atoms with Crippen LogP contribution in [-0.4, -0.2) is 35.7 Å². The fraction of sp³-hybridized carbons (Fsp3) is 0.481. The Morgan fingerprint density at radius 1 is 1.12 bits per heavy atom. The number of carbonyl (C=O) groups is 1. The minimum absolute atomic E-state index is 0.00357. The molecule has 3 atom stereocenters. The molecule has 4 rings (SSSR count). The van der Waals surface area contributed by atoms with Gasteiger partial charge in [0, 0.05) is 25.3 Å². The van der Waals surface area contributed by atoms with E-state index in [1.807, 2.05) is 42.9 Å². The van der Waals surface area contributed by atoms with Crippen molar-refractivity contribution in [3.63, 3.8) is 0 Å². The molecule has 1 heterocycles. The van der Waals surface area contributed by atoms with Crippen LogP contribution in [0.5, 0.6) is 0 Å². The second kappa shape index (κ2) is 9.35. The number of nitrogens with zero attached hydrogens (tertiary/aromatic N) is 3. The van der Waals surface area contributed by atoms with Crippen LogP contribution in [0.15, 0.2) is 48.5 Å². The van der Waals surface area contributed by atoms with Gasteiger partial charge in [-0.05, 0) is 67.0 Å². The molecular formula is C27H35N3O2. The number of hydrogen-bond acceptors (Lipinski definition) is 4. The van der Waals surface area contributed by atoms with Crippen molar-refractivity contribution in [3.05, 3.63) is 48.5 Å². The Labute approximate surface area is 191 Å². The lowest BCUT2D eigenvalue weighted by atomic mass is 9.75. The van der Waals surface area contributed by atoms with Crippen LogP contribution in [0.3, 0.4) is 0 Å². The van der Waals surface area contributed by atoms with Gasteiger partial charge in [-0.3, -0.25) is 4.79 Å². The molecule has 2 aromatic carbocycles. The smallest absolute Gasteiger partial charge is 0.326 e. The summed E-state index contributed by atoms with van der Waals surface area (Å²) in [6.45, 7) is 6.90. The van der Waals surface area contributed by atoms with Gasteiger partial charge in [0.15, 0.2) is 0 Å². The minimum Gasteiger partial charge on any atom is -0.461 e. The number of anilines is 1. The minimum atomic E-state index is -0.177. The predicted octanol–water partition coefficient (Wildman–Crippen LogP) is 5.77. The van der Waals surface area contributed by atoms with Crippen molar-refractivity contribution >= 4 is 22.7 Å². The Bertz CT molecular complexity index is 1070. The Balaban J connectivity index is 1.62. The Kier molecular flexibility index (Phi) is 6.54. The first-order valence-electron chi connectivity index (χ1n) is 11.8. The third-order valence-electron chi connectivity index (χ3n) is 6.83. The molecule has 0 N–H and O–H groups in total. The van der Waals surface area contributed by atoms with Crippen LogP contribution >= 0.6 is 0 Å². The van der Waals surface area contributed by atoms with Gasteiger partial charge in [0.2, 0.25) is 0 Å². The molecule has 5 nitrogen and oxygen atoms in total. The van der Waals surface area contributed by atoms with Gasteiger partial charge in [0.05, 0.1) is 11.0 Å². The quantitative estimate of drug-likeness (QED) is 0.463. The highest BCUT2D eigenvalue weighted by Gasteiger charge is 2.33. The molecule has 0 radical (unpaired) electrons. The number of rotatable bonds is 6. The fourth-order valence-electron chi connectivity index (χ4n) is 4.95. The van der Waals surface area contributed by atoms with Gasteiger partial charge < -0.3 is 14.2 Å². The Morgan fingerprint density at radius 3 is 2.53 bits per heavy atom. The van der Waals surface area contributed by atoms with E-state index >= 15 is 0 Å². The zero-order chi connectivity index (χ0) is 22.8. The van der Waals surface area contributed by atoms with Crippen molar-refractivity contribution in [2.24, 2.45) is 17.8 Å². The summed E-state index contributed by atoms with van der Waals surface area (Å²) in [5.74, 6) is 2.17. The van der Waals surface area contributed by atoms with E-state index in [0.29, 0.717) is 17.8 Å². The number of ether oxygens (including phenoxy) is 1. The molecule has 0 bridgehead atoms. The van der Waals surface area contributed by atoms with E-state index in [0.717, 1.165) is 41.0 Å².